The predicted octanol–water partition coefficient (Wildman–Crippen LogP) is 7.37. The minimum absolute atomic E-state index is 0.0527. The molecule has 0 heterocycles. The van der Waals surface area contributed by atoms with Gasteiger partial charge in [0.1, 0.15) is 15.8 Å². The van der Waals surface area contributed by atoms with Crippen LogP contribution in [-0.4, -0.2) is 22.1 Å². The van der Waals surface area contributed by atoms with Gasteiger partial charge in [0.2, 0.25) is 11.8 Å². The maximum atomic E-state index is 14.7. The molecule has 3 N–H and O–H groups in total. The third-order valence-corrected chi connectivity index (χ3v) is 7.30. The van der Waals surface area contributed by atoms with E-state index in [9.17, 15) is 36.3 Å². The first-order chi connectivity index (χ1) is 18.6. The van der Waals surface area contributed by atoms with Crippen molar-refractivity contribution in [2.75, 3.05) is 16.0 Å². The molecule has 2 atom stereocenters. The molecule has 1 saturated carbocycles. The van der Waals surface area contributed by atoms with Gasteiger partial charge in [0.15, 0.2) is 5.82 Å². The number of alkyl halides is 5. The highest BCUT2D eigenvalue weighted by molar-refractivity contribution is 6.53. The maximum Gasteiger partial charge on any atom is 0.416 e. The Bertz CT molecular complexity index is 1530. The molecule has 1 fully saturated rings. The molecule has 0 bridgehead atoms. The van der Waals surface area contributed by atoms with Crippen LogP contribution in [0.25, 0.3) is 0 Å². The quantitative estimate of drug-likeness (QED) is 0.199. The monoisotopic (exact) mass is 619 g/mol. The van der Waals surface area contributed by atoms with E-state index in [0.29, 0.717) is 0 Å². The molecule has 14 heteroatoms. The lowest BCUT2D eigenvalue weighted by Crippen LogP contribution is -2.19. The maximum absolute atomic E-state index is 14.7. The van der Waals surface area contributed by atoms with Gasteiger partial charge in [-0.3, -0.25) is 14.4 Å². The topological polar surface area (TPSA) is 87.3 Å². The molecule has 0 aliphatic heterocycles. The standard InChI is InChI=1S/C26H17Cl3F5N3O3/c1-11(38)35-22-17(30)7-8-18(21(22)31)37-23(39)15-10-14(5-6-16(15)27)36-24(40)20-19(25(20,28)29)12-3-2-4-13(9-12)26(32,33)34/h2-10,19-20H,1H3,(H,35,38)(H,36,40)(H,37,39)/t19-,20+/m0/s1. The molecular formula is C26H17Cl3F5N3O3. The summed E-state index contributed by atoms with van der Waals surface area (Å²) in [5.74, 6) is -6.76. The molecule has 3 aromatic rings. The van der Waals surface area contributed by atoms with Gasteiger partial charge in [-0.1, -0.05) is 29.8 Å². The van der Waals surface area contributed by atoms with Crippen LogP contribution in [0.3, 0.4) is 0 Å². The van der Waals surface area contributed by atoms with Gasteiger partial charge in [0.25, 0.3) is 5.91 Å². The number of rotatable bonds is 6. The molecule has 0 aromatic heterocycles. The first-order valence-electron chi connectivity index (χ1n) is 11.3. The third kappa shape index (κ3) is 6.01. The average molecular weight is 621 g/mol. The van der Waals surface area contributed by atoms with Crippen molar-refractivity contribution in [3.63, 3.8) is 0 Å². The van der Waals surface area contributed by atoms with E-state index in [1.54, 1.807) is 0 Å². The smallest absolute Gasteiger partial charge is 0.326 e. The summed E-state index contributed by atoms with van der Waals surface area (Å²) >= 11 is 18.6. The highest BCUT2D eigenvalue weighted by Gasteiger charge is 2.67. The molecule has 0 radical (unpaired) electrons. The number of anilines is 3. The summed E-state index contributed by atoms with van der Waals surface area (Å²) < 4.78 is 66.3. The molecule has 1 aliphatic carbocycles. The van der Waals surface area contributed by atoms with Crippen LogP contribution in [0, 0.1) is 17.6 Å². The molecule has 0 spiro atoms. The summed E-state index contributed by atoms with van der Waals surface area (Å²) in [7, 11) is 0. The minimum Gasteiger partial charge on any atom is -0.326 e. The Morgan fingerprint density at radius 2 is 1.62 bits per heavy atom. The molecule has 3 aromatic carbocycles. The Kier molecular flexibility index (Phi) is 8.04. The van der Waals surface area contributed by atoms with E-state index in [0.717, 1.165) is 37.3 Å². The van der Waals surface area contributed by atoms with Gasteiger partial charge in [-0.25, -0.2) is 8.78 Å². The normalized spacial score (nSPS) is 17.6. The third-order valence-electron chi connectivity index (χ3n) is 6.03. The summed E-state index contributed by atoms with van der Waals surface area (Å²) in [5.41, 5.74) is -2.18. The van der Waals surface area contributed by atoms with E-state index in [2.05, 4.69) is 10.6 Å². The highest BCUT2D eigenvalue weighted by atomic mass is 35.5. The second-order valence-corrected chi connectivity index (χ2v) is 10.7. The summed E-state index contributed by atoms with van der Waals surface area (Å²) in [6.07, 6.45) is -4.60. The van der Waals surface area contributed by atoms with Crippen LogP contribution in [-0.2, 0) is 15.8 Å². The molecule has 40 heavy (non-hydrogen) atoms. The molecule has 3 amide bonds. The highest BCUT2D eigenvalue weighted by Crippen LogP contribution is 2.65. The molecule has 0 unspecified atom stereocenters. The first-order valence-corrected chi connectivity index (χ1v) is 12.5. The van der Waals surface area contributed by atoms with Crippen molar-refractivity contribution in [2.45, 2.75) is 23.4 Å². The predicted molar refractivity (Wildman–Crippen MR) is 141 cm³/mol. The van der Waals surface area contributed by atoms with Crippen LogP contribution in [0.2, 0.25) is 5.02 Å². The lowest BCUT2D eigenvalue weighted by molar-refractivity contribution is -0.137. The van der Waals surface area contributed by atoms with Crippen molar-refractivity contribution in [3.8, 4) is 0 Å². The fraction of sp³-hybridized carbons (Fsp3) is 0.192. The SMILES string of the molecule is CC(=O)Nc1c(F)ccc(NC(=O)c2cc(NC(=O)[C@H]3[C@H](c4cccc(C(F)(F)F)c4)C3(Cl)Cl)ccc2Cl)c1F. The van der Waals surface area contributed by atoms with Crippen LogP contribution >= 0.6 is 34.8 Å². The van der Waals surface area contributed by atoms with E-state index in [4.69, 9.17) is 34.8 Å². The van der Waals surface area contributed by atoms with Crippen LogP contribution < -0.4 is 16.0 Å². The second-order valence-electron chi connectivity index (χ2n) is 8.86. The Morgan fingerprint density at radius 1 is 0.925 bits per heavy atom. The Hall–Kier alpha value is -3.41. The number of nitrogens with one attached hydrogen (secondary N) is 3. The number of hydrogen-bond acceptors (Lipinski definition) is 3. The average Bonchev–Trinajstić information content (AvgIpc) is 3.46. The molecule has 210 valence electrons. The van der Waals surface area contributed by atoms with Crippen molar-refractivity contribution in [1.82, 2.24) is 0 Å². The summed E-state index contributed by atoms with van der Waals surface area (Å²) in [5, 5.41) is 6.63. The van der Waals surface area contributed by atoms with E-state index in [-0.39, 0.29) is 21.8 Å². The van der Waals surface area contributed by atoms with E-state index >= 15 is 0 Å². The lowest BCUT2D eigenvalue weighted by atomic mass is 10.1. The number of carbonyl (C=O) groups is 3. The van der Waals surface area contributed by atoms with E-state index in [1.165, 1.54) is 24.3 Å². The lowest BCUT2D eigenvalue weighted by Gasteiger charge is -2.13. The fourth-order valence-corrected chi connectivity index (χ4v) is 5.13. The van der Waals surface area contributed by atoms with Crippen LogP contribution in [0.4, 0.5) is 39.0 Å². The summed E-state index contributed by atoms with van der Waals surface area (Å²) in [6, 6.07) is 9.86. The zero-order chi connectivity index (χ0) is 29.6. The largest absolute Gasteiger partial charge is 0.416 e. The first kappa shape index (κ1) is 29.6. The van der Waals surface area contributed by atoms with Gasteiger partial charge in [0, 0.05) is 18.5 Å². The fourth-order valence-electron chi connectivity index (χ4n) is 4.10. The minimum atomic E-state index is -4.60. The Balaban J connectivity index is 1.52. The van der Waals surface area contributed by atoms with Crippen molar-refractivity contribution in [2.24, 2.45) is 5.92 Å². The second kappa shape index (κ2) is 10.9. The van der Waals surface area contributed by atoms with E-state index in [1.807, 2.05) is 5.32 Å². The van der Waals surface area contributed by atoms with Gasteiger partial charge in [-0.2, -0.15) is 13.2 Å². The Labute approximate surface area is 238 Å². The number of amides is 3. The number of hydrogen-bond donors (Lipinski definition) is 3. The number of benzene rings is 3. The van der Waals surface area contributed by atoms with Gasteiger partial charge in [0.05, 0.1) is 27.8 Å². The van der Waals surface area contributed by atoms with Crippen LogP contribution in [0.1, 0.15) is 34.3 Å². The van der Waals surface area contributed by atoms with Gasteiger partial charge in [-0.15, -0.1) is 23.2 Å². The molecular weight excluding hydrogens is 604 g/mol. The summed E-state index contributed by atoms with van der Waals surface area (Å²) in [4.78, 5) is 37.1. The zero-order valence-corrected chi connectivity index (χ0v) is 22.4. The van der Waals surface area contributed by atoms with Gasteiger partial charge < -0.3 is 16.0 Å². The van der Waals surface area contributed by atoms with Gasteiger partial charge >= 0.3 is 6.18 Å². The Morgan fingerprint density at radius 3 is 2.27 bits per heavy atom. The summed E-state index contributed by atoms with van der Waals surface area (Å²) in [6.45, 7) is 1.05. The zero-order valence-electron chi connectivity index (χ0n) is 20.1. The van der Waals surface area contributed by atoms with Crippen LogP contribution in [0.5, 0.6) is 0 Å². The van der Waals surface area contributed by atoms with Crippen molar-refractivity contribution < 1.29 is 36.3 Å². The van der Waals surface area contributed by atoms with Crippen molar-refractivity contribution in [1.29, 1.82) is 0 Å². The number of carbonyl (C=O) groups excluding carboxylic acids is 3. The number of halogens is 8. The molecule has 1 aliphatic rings. The molecule has 0 saturated heterocycles. The van der Waals surface area contributed by atoms with Crippen molar-refractivity contribution >= 4 is 69.6 Å². The molecule has 4 rings (SSSR count). The molecule has 6 nitrogen and oxygen atoms in total. The van der Waals surface area contributed by atoms with Crippen molar-refractivity contribution in [3.05, 3.63) is 87.9 Å². The van der Waals surface area contributed by atoms with Gasteiger partial charge in [-0.05, 0) is 42.0 Å². The van der Waals surface area contributed by atoms with E-state index < -0.39 is 68.6 Å². The van der Waals surface area contributed by atoms with Crippen LogP contribution in [0.15, 0.2) is 54.6 Å².